The van der Waals surface area contributed by atoms with Crippen LogP contribution < -0.4 is 11.1 Å². The van der Waals surface area contributed by atoms with Crippen LogP contribution >= 0.6 is 0 Å². The number of hydrogen-bond donors (Lipinski definition) is 2. The Morgan fingerprint density at radius 2 is 1.74 bits per heavy atom. The van der Waals surface area contributed by atoms with Crippen molar-refractivity contribution >= 4 is 22.9 Å². The molecular formula is C20H19N7. The van der Waals surface area contributed by atoms with Gasteiger partial charge in [0.15, 0.2) is 12.1 Å². The van der Waals surface area contributed by atoms with Gasteiger partial charge in [0.2, 0.25) is 5.95 Å². The molecule has 0 amide bonds. The SMILES string of the molecule is Cc1nn(-c2ccccc2)c(C)c1[C@@H]1N=C(N)Nc2nc3ccccc3n21. The molecule has 0 unspecified atom stereocenters. The van der Waals surface area contributed by atoms with E-state index in [1.165, 1.54) is 0 Å². The van der Waals surface area contributed by atoms with Gasteiger partial charge in [0.05, 0.1) is 22.4 Å². The first-order valence-corrected chi connectivity index (χ1v) is 8.82. The number of nitrogens with one attached hydrogen (secondary N) is 1. The molecule has 7 nitrogen and oxygen atoms in total. The van der Waals surface area contributed by atoms with Gasteiger partial charge in [-0.3, -0.25) is 9.88 Å². The normalized spacial score (nSPS) is 16.1. The van der Waals surface area contributed by atoms with Crippen molar-refractivity contribution in [2.24, 2.45) is 10.7 Å². The van der Waals surface area contributed by atoms with Gasteiger partial charge in [0.1, 0.15) is 0 Å². The lowest BCUT2D eigenvalue weighted by Gasteiger charge is -2.24. The Balaban J connectivity index is 1.74. The van der Waals surface area contributed by atoms with Crippen molar-refractivity contribution in [1.82, 2.24) is 19.3 Å². The monoisotopic (exact) mass is 357 g/mol. The molecule has 0 fully saturated rings. The number of rotatable bonds is 2. The van der Waals surface area contributed by atoms with E-state index >= 15 is 0 Å². The van der Waals surface area contributed by atoms with Crippen LogP contribution in [0.3, 0.4) is 0 Å². The number of imidazole rings is 1. The Labute approximate surface area is 156 Å². The van der Waals surface area contributed by atoms with Crippen LogP contribution in [0, 0.1) is 13.8 Å². The molecule has 0 bridgehead atoms. The fourth-order valence-corrected chi connectivity index (χ4v) is 3.76. The van der Waals surface area contributed by atoms with E-state index in [4.69, 9.17) is 15.8 Å². The van der Waals surface area contributed by atoms with Crippen LogP contribution in [0.5, 0.6) is 0 Å². The molecule has 2 aromatic heterocycles. The Hall–Kier alpha value is -3.61. The second-order valence-electron chi connectivity index (χ2n) is 6.64. The standard InChI is InChI=1S/C20H19N7/c1-12-17(13(2)27(25-12)14-8-4-3-5-9-14)18-23-19(21)24-20-22-15-10-6-7-11-16(15)26(18)20/h3-11,18H,1-2H3,(H3,21,22,23,24)/t18-/m1/s1. The van der Waals surface area contributed by atoms with Gasteiger partial charge >= 0.3 is 0 Å². The van der Waals surface area contributed by atoms with E-state index in [1.807, 2.05) is 66.2 Å². The van der Waals surface area contributed by atoms with Crippen LogP contribution in [-0.4, -0.2) is 25.3 Å². The summed E-state index contributed by atoms with van der Waals surface area (Å²) in [5, 5.41) is 7.85. The molecule has 1 aliphatic heterocycles. The number of aromatic nitrogens is 4. The average molecular weight is 357 g/mol. The third-order valence-electron chi connectivity index (χ3n) is 4.95. The van der Waals surface area contributed by atoms with E-state index in [-0.39, 0.29) is 6.17 Å². The smallest absolute Gasteiger partial charge is 0.212 e. The van der Waals surface area contributed by atoms with Gasteiger partial charge in [-0.2, -0.15) is 5.10 Å². The molecule has 3 N–H and O–H groups in total. The number of fused-ring (bicyclic) bond motifs is 3. The van der Waals surface area contributed by atoms with E-state index in [2.05, 4.69) is 21.8 Å². The van der Waals surface area contributed by atoms with Crippen LogP contribution in [0.4, 0.5) is 5.95 Å². The fourth-order valence-electron chi connectivity index (χ4n) is 3.76. The number of aliphatic imine (C=N–C) groups is 1. The molecule has 0 spiro atoms. The largest absolute Gasteiger partial charge is 0.370 e. The minimum atomic E-state index is -0.314. The van der Waals surface area contributed by atoms with Crippen LogP contribution in [-0.2, 0) is 0 Å². The van der Waals surface area contributed by atoms with Gasteiger partial charge in [-0.05, 0) is 38.1 Å². The Bertz CT molecular complexity index is 1180. The number of para-hydroxylation sites is 3. The van der Waals surface area contributed by atoms with Gasteiger partial charge in [-0.1, -0.05) is 30.3 Å². The van der Waals surface area contributed by atoms with Crippen molar-refractivity contribution in [2.45, 2.75) is 20.0 Å². The molecule has 27 heavy (non-hydrogen) atoms. The van der Waals surface area contributed by atoms with Crippen molar-refractivity contribution in [1.29, 1.82) is 0 Å². The molecular weight excluding hydrogens is 338 g/mol. The van der Waals surface area contributed by atoms with Gasteiger partial charge < -0.3 is 5.73 Å². The summed E-state index contributed by atoms with van der Waals surface area (Å²) in [6.45, 7) is 4.07. The molecule has 0 saturated heterocycles. The molecule has 0 saturated carbocycles. The third kappa shape index (κ3) is 2.32. The zero-order valence-corrected chi connectivity index (χ0v) is 15.1. The summed E-state index contributed by atoms with van der Waals surface area (Å²) in [5.41, 5.74) is 12.0. The summed E-state index contributed by atoms with van der Waals surface area (Å²) in [6, 6.07) is 18.1. The first-order chi connectivity index (χ1) is 13.1. The zero-order chi connectivity index (χ0) is 18.5. The highest BCUT2D eigenvalue weighted by molar-refractivity contribution is 5.94. The van der Waals surface area contributed by atoms with Crippen LogP contribution in [0.2, 0.25) is 0 Å². The lowest BCUT2D eigenvalue weighted by Crippen LogP contribution is -2.31. The maximum absolute atomic E-state index is 6.08. The maximum Gasteiger partial charge on any atom is 0.212 e. The topological polar surface area (TPSA) is 86.1 Å². The van der Waals surface area contributed by atoms with E-state index in [0.29, 0.717) is 11.9 Å². The van der Waals surface area contributed by atoms with E-state index in [9.17, 15) is 0 Å². The van der Waals surface area contributed by atoms with Gasteiger partial charge in [0, 0.05) is 11.3 Å². The number of nitrogens with zero attached hydrogens (tertiary/aromatic N) is 5. The minimum absolute atomic E-state index is 0.314. The van der Waals surface area contributed by atoms with Crippen LogP contribution in [0.1, 0.15) is 23.1 Å². The summed E-state index contributed by atoms with van der Waals surface area (Å²) in [7, 11) is 0. The van der Waals surface area contributed by atoms with Gasteiger partial charge in [0.25, 0.3) is 0 Å². The van der Waals surface area contributed by atoms with Gasteiger partial charge in [-0.15, -0.1) is 0 Å². The Morgan fingerprint density at radius 3 is 2.56 bits per heavy atom. The zero-order valence-electron chi connectivity index (χ0n) is 15.1. The second kappa shape index (κ2) is 5.70. The average Bonchev–Trinajstić information content (AvgIpc) is 3.18. The lowest BCUT2D eigenvalue weighted by atomic mass is 10.1. The van der Waals surface area contributed by atoms with Crippen LogP contribution in [0.25, 0.3) is 16.7 Å². The van der Waals surface area contributed by atoms with Crippen molar-refractivity contribution in [3.05, 3.63) is 71.5 Å². The molecule has 4 aromatic rings. The molecule has 1 aliphatic rings. The maximum atomic E-state index is 6.08. The van der Waals surface area contributed by atoms with E-state index in [0.717, 1.165) is 33.7 Å². The molecule has 5 rings (SSSR count). The molecule has 3 heterocycles. The molecule has 2 aromatic carbocycles. The highest BCUT2D eigenvalue weighted by atomic mass is 15.4. The fraction of sp³-hybridized carbons (Fsp3) is 0.150. The number of nitrogens with two attached hydrogens (primary N) is 1. The van der Waals surface area contributed by atoms with E-state index < -0.39 is 0 Å². The summed E-state index contributed by atoms with van der Waals surface area (Å²) < 4.78 is 4.04. The number of anilines is 1. The summed E-state index contributed by atoms with van der Waals surface area (Å²) in [6.07, 6.45) is -0.314. The number of benzene rings is 2. The third-order valence-corrected chi connectivity index (χ3v) is 4.95. The van der Waals surface area contributed by atoms with E-state index in [1.54, 1.807) is 0 Å². The molecule has 1 atom stereocenters. The van der Waals surface area contributed by atoms with Crippen molar-refractivity contribution in [3.63, 3.8) is 0 Å². The van der Waals surface area contributed by atoms with Crippen molar-refractivity contribution < 1.29 is 0 Å². The highest BCUT2D eigenvalue weighted by Crippen LogP contribution is 2.35. The second-order valence-corrected chi connectivity index (χ2v) is 6.64. The number of aryl methyl sites for hydroxylation is 1. The predicted molar refractivity (Wildman–Crippen MR) is 106 cm³/mol. The minimum Gasteiger partial charge on any atom is -0.370 e. The molecule has 0 radical (unpaired) electrons. The number of guanidine groups is 1. The summed E-state index contributed by atoms with van der Waals surface area (Å²) in [5.74, 6) is 1.05. The van der Waals surface area contributed by atoms with Crippen LogP contribution in [0.15, 0.2) is 59.6 Å². The summed E-state index contributed by atoms with van der Waals surface area (Å²) in [4.78, 5) is 9.37. The first kappa shape index (κ1) is 15.6. The summed E-state index contributed by atoms with van der Waals surface area (Å²) >= 11 is 0. The molecule has 134 valence electrons. The number of hydrogen-bond acceptors (Lipinski definition) is 5. The van der Waals surface area contributed by atoms with Crippen molar-refractivity contribution in [3.8, 4) is 5.69 Å². The Morgan fingerprint density at radius 1 is 1.00 bits per heavy atom. The lowest BCUT2D eigenvalue weighted by molar-refractivity contribution is 0.618. The highest BCUT2D eigenvalue weighted by Gasteiger charge is 2.29. The van der Waals surface area contributed by atoms with Crippen molar-refractivity contribution in [2.75, 3.05) is 5.32 Å². The molecule has 0 aliphatic carbocycles. The predicted octanol–water partition coefficient (Wildman–Crippen LogP) is 3.13. The Kier molecular flexibility index (Phi) is 3.30. The van der Waals surface area contributed by atoms with Gasteiger partial charge in [-0.25, -0.2) is 14.7 Å². The first-order valence-electron chi connectivity index (χ1n) is 8.82. The quantitative estimate of drug-likeness (QED) is 0.577. The molecule has 7 heteroatoms.